The van der Waals surface area contributed by atoms with Crippen LogP contribution in [0.4, 0.5) is 18.9 Å². The molecule has 2 N–H and O–H groups in total. The van der Waals surface area contributed by atoms with Crippen LogP contribution >= 0.6 is 0 Å². The van der Waals surface area contributed by atoms with Crippen molar-refractivity contribution in [2.45, 2.75) is 24.5 Å². The molecule has 3 aromatic carbocycles. The van der Waals surface area contributed by atoms with Gasteiger partial charge in [0.15, 0.2) is 0 Å². The van der Waals surface area contributed by atoms with E-state index in [-0.39, 0.29) is 21.9 Å². The maximum Gasteiger partial charge on any atom is 0.387 e. The zero-order valence-electron chi connectivity index (χ0n) is 16.8. The summed E-state index contributed by atoms with van der Waals surface area (Å²) in [5, 5.41) is 2.69. The Kier molecular flexibility index (Phi) is 7.04. The van der Waals surface area contributed by atoms with Crippen LogP contribution in [0.15, 0.2) is 77.7 Å². The average Bonchev–Trinajstić information content (AvgIpc) is 2.75. The van der Waals surface area contributed by atoms with Crippen LogP contribution in [-0.4, -0.2) is 20.9 Å². The molecule has 0 bridgehead atoms. The van der Waals surface area contributed by atoms with Crippen molar-refractivity contribution in [2.24, 2.45) is 0 Å². The molecule has 0 radical (unpaired) electrons. The number of carbonyl (C=O) groups excluding carboxylic acids is 1. The van der Waals surface area contributed by atoms with Crippen LogP contribution in [0.25, 0.3) is 0 Å². The fourth-order valence-corrected chi connectivity index (χ4v) is 3.96. The monoisotopic (exact) mass is 464 g/mol. The minimum absolute atomic E-state index is 0.0430. The number of rotatable bonds is 8. The second-order valence-electron chi connectivity index (χ2n) is 6.79. The summed E-state index contributed by atoms with van der Waals surface area (Å²) in [5.41, 5.74) is 0.776. The molecule has 3 rings (SSSR count). The van der Waals surface area contributed by atoms with Gasteiger partial charge < -0.3 is 10.1 Å². The summed E-state index contributed by atoms with van der Waals surface area (Å²) in [4.78, 5) is 12.5. The van der Waals surface area contributed by atoms with Crippen molar-refractivity contribution < 1.29 is 31.1 Å². The lowest BCUT2D eigenvalue weighted by atomic mass is 10.1. The first kappa shape index (κ1) is 23.1. The molecule has 0 aliphatic heterocycles. The lowest BCUT2D eigenvalue weighted by molar-refractivity contribution is -0.0499. The number of anilines is 1. The van der Waals surface area contributed by atoms with E-state index in [1.807, 2.05) is 0 Å². The Hall–Kier alpha value is -3.53. The van der Waals surface area contributed by atoms with E-state index < -0.39 is 34.4 Å². The smallest absolute Gasteiger partial charge is 0.387 e. The van der Waals surface area contributed by atoms with Gasteiger partial charge in [0.05, 0.1) is 10.9 Å². The topological polar surface area (TPSA) is 84.5 Å². The summed E-state index contributed by atoms with van der Waals surface area (Å²) >= 11 is 0. The summed E-state index contributed by atoms with van der Waals surface area (Å²) in [7, 11) is -4.02. The molecule has 0 heterocycles. The van der Waals surface area contributed by atoms with Gasteiger partial charge in [0.2, 0.25) is 0 Å². The van der Waals surface area contributed by atoms with E-state index in [0.717, 1.165) is 12.1 Å². The molecule has 6 nitrogen and oxygen atoms in total. The van der Waals surface area contributed by atoms with Crippen LogP contribution in [0.2, 0.25) is 0 Å². The summed E-state index contributed by atoms with van der Waals surface area (Å²) in [6.45, 7) is -1.32. The van der Waals surface area contributed by atoms with Crippen molar-refractivity contribution in [2.75, 3.05) is 4.72 Å². The number of nitrogens with one attached hydrogen (secondary N) is 2. The Morgan fingerprint density at radius 2 is 1.66 bits per heavy atom. The number of hydrogen-bond donors (Lipinski definition) is 2. The van der Waals surface area contributed by atoms with Crippen LogP contribution in [0, 0.1) is 5.82 Å². The Balaban J connectivity index is 1.74. The van der Waals surface area contributed by atoms with Crippen molar-refractivity contribution in [3.05, 3.63) is 89.7 Å². The van der Waals surface area contributed by atoms with E-state index in [9.17, 15) is 26.4 Å². The van der Waals surface area contributed by atoms with Gasteiger partial charge in [-0.25, -0.2) is 12.8 Å². The van der Waals surface area contributed by atoms with Gasteiger partial charge in [0, 0.05) is 11.3 Å². The van der Waals surface area contributed by atoms with Crippen molar-refractivity contribution >= 4 is 21.6 Å². The van der Waals surface area contributed by atoms with Gasteiger partial charge in [-0.1, -0.05) is 18.2 Å². The van der Waals surface area contributed by atoms with E-state index in [2.05, 4.69) is 14.8 Å². The number of halogens is 3. The molecule has 0 aromatic heterocycles. The highest BCUT2D eigenvalue weighted by Crippen LogP contribution is 2.22. The van der Waals surface area contributed by atoms with Gasteiger partial charge in [0.25, 0.3) is 15.9 Å². The highest BCUT2D eigenvalue weighted by atomic mass is 32.2. The molecule has 0 saturated carbocycles. The fraction of sp³-hybridized carbons (Fsp3) is 0.136. The first-order chi connectivity index (χ1) is 15.1. The third-order valence-corrected chi connectivity index (χ3v) is 5.81. The highest BCUT2D eigenvalue weighted by molar-refractivity contribution is 7.92. The molecule has 3 aromatic rings. The molecule has 10 heteroatoms. The molecule has 1 atom stereocenters. The van der Waals surface area contributed by atoms with Crippen LogP contribution in [0.3, 0.4) is 0 Å². The fourth-order valence-electron chi connectivity index (χ4n) is 2.86. The lowest BCUT2D eigenvalue weighted by Crippen LogP contribution is -2.27. The van der Waals surface area contributed by atoms with Crippen LogP contribution < -0.4 is 14.8 Å². The summed E-state index contributed by atoms with van der Waals surface area (Å²) in [6.07, 6.45) is 0. The number of benzene rings is 3. The van der Waals surface area contributed by atoms with Gasteiger partial charge in [0.1, 0.15) is 11.6 Å². The molecule has 0 aliphatic rings. The summed E-state index contributed by atoms with van der Waals surface area (Å²) in [6, 6.07) is 15.5. The van der Waals surface area contributed by atoms with Gasteiger partial charge >= 0.3 is 6.61 Å². The van der Waals surface area contributed by atoms with E-state index in [1.165, 1.54) is 54.6 Å². The largest absolute Gasteiger partial charge is 0.435 e. The predicted octanol–water partition coefficient (Wildman–Crippen LogP) is 4.72. The van der Waals surface area contributed by atoms with E-state index in [1.54, 1.807) is 13.0 Å². The Morgan fingerprint density at radius 1 is 0.969 bits per heavy atom. The van der Waals surface area contributed by atoms with E-state index in [0.29, 0.717) is 5.56 Å². The van der Waals surface area contributed by atoms with E-state index in [4.69, 9.17) is 0 Å². The Morgan fingerprint density at radius 3 is 2.34 bits per heavy atom. The predicted molar refractivity (Wildman–Crippen MR) is 113 cm³/mol. The minimum Gasteiger partial charge on any atom is -0.435 e. The van der Waals surface area contributed by atoms with Gasteiger partial charge in [-0.05, 0) is 67.1 Å². The minimum atomic E-state index is -4.02. The standard InChI is InChI=1S/C22H19F3N2O4S/c1-14(15-4-2-6-19(12-15)31-22(24)25)26-21(28)16-5-3-7-20(13-16)32(29,30)27-18-10-8-17(23)9-11-18/h2-14,22,27H,1H3,(H,26,28). The highest BCUT2D eigenvalue weighted by Gasteiger charge is 2.18. The molecule has 0 spiro atoms. The van der Waals surface area contributed by atoms with Crippen molar-refractivity contribution in [3.63, 3.8) is 0 Å². The number of sulfonamides is 1. The first-order valence-corrected chi connectivity index (χ1v) is 10.9. The number of hydrogen-bond acceptors (Lipinski definition) is 4. The van der Waals surface area contributed by atoms with Crippen LogP contribution in [0.5, 0.6) is 5.75 Å². The second kappa shape index (κ2) is 9.73. The summed E-state index contributed by atoms with van der Waals surface area (Å²) < 4.78 is 69.8. The normalized spacial score (nSPS) is 12.3. The first-order valence-electron chi connectivity index (χ1n) is 9.38. The number of ether oxygens (including phenoxy) is 1. The van der Waals surface area contributed by atoms with E-state index >= 15 is 0 Å². The molecular weight excluding hydrogens is 445 g/mol. The maximum absolute atomic E-state index is 13.0. The third kappa shape index (κ3) is 6.01. The van der Waals surface area contributed by atoms with Gasteiger partial charge in [-0.15, -0.1) is 0 Å². The molecule has 0 aliphatic carbocycles. The lowest BCUT2D eigenvalue weighted by Gasteiger charge is -2.16. The van der Waals surface area contributed by atoms with Crippen LogP contribution in [-0.2, 0) is 10.0 Å². The maximum atomic E-state index is 13.0. The van der Waals surface area contributed by atoms with Crippen molar-refractivity contribution in [1.29, 1.82) is 0 Å². The molecular formula is C22H19F3N2O4S. The van der Waals surface area contributed by atoms with Crippen molar-refractivity contribution in [1.82, 2.24) is 5.32 Å². The zero-order chi connectivity index (χ0) is 23.3. The third-order valence-electron chi connectivity index (χ3n) is 4.43. The number of carbonyl (C=O) groups is 1. The molecule has 1 unspecified atom stereocenters. The molecule has 0 fully saturated rings. The molecule has 168 valence electrons. The molecule has 1 amide bonds. The average molecular weight is 464 g/mol. The Bertz CT molecular complexity index is 1200. The van der Waals surface area contributed by atoms with Gasteiger partial charge in [-0.3, -0.25) is 9.52 Å². The number of amides is 1. The Labute approximate surface area is 183 Å². The molecule has 0 saturated heterocycles. The zero-order valence-corrected chi connectivity index (χ0v) is 17.6. The second-order valence-corrected chi connectivity index (χ2v) is 8.47. The molecule has 32 heavy (non-hydrogen) atoms. The summed E-state index contributed by atoms with van der Waals surface area (Å²) in [5.74, 6) is -1.11. The van der Waals surface area contributed by atoms with Gasteiger partial charge in [-0.2, -0.15) is 8.78 Å². The SMILES string of the molecule is CC(NC(=O)c1cccc(S(=O)(=O)Nc2ccc(F)cc2)c1)c1cccc(OC(F)F)c1. The van der Waals surface area contributed by atoms with Crippen LogP contribution in [0.1, 0.15) is 28.9 Å². The quantitative estimate of drug-likeness (QED) is 0.505. The number of alkyl halides is 2. The van der Waals surface area contributed by atoms with Crippen molar-refractivity contribution in [3.8, 4) is 5.75 Å².